The van der Waals surface area contributed by atoms with Gasteiger partial charge in [-0.05, 0) is 47.5 Å². The van der Waals surface area contributed by atoms with Gasteiger partial charge in [0.2, 0.25) is 0 Å². The molecule has 0 bridgehead atoms. The lowest BCUT2D eigenvalue weighted by atomic mass is 10.2. The second-order valence-electron chi connectivity index (χ2n) is 3.57. The van der Waals surface area contributed by atoms with Gasteiger partial charge in [0, 0.05) is 35.6 Å². The Labute approximate surface area is 99.1 Å². The van der Waals surface area contributed by atoms with E-state index in [1.54, 1.807) is 7.11 Å². The Kier molecular flexibility index (Phi) is 4.91. The zero-order valence-corrected chi connectivity index (χ0v) is 10.7. The maximum Gasteiger partial charge on any atom is 0.0488 e. The Morgan fingerprint density at radius 1 is 1.53 bits per heavy atom. The summed E-state index contributed by atoms with van der Waals surface area (Å²) < 4.78 is 6.02. The summed E-state index contributed by atoms with van der Waals surface area (Å²) >= 11 is 3.47. The SMILES string of the molecule is COCCC(C)Nc1ccc(N)cc1Br. The fourth-order valence-corrected chi connectivity index (χ4v) is 1.79. The van der Waals surface area contributed by atoms with Gasteiger partial charge < -0.3 is 15.8 Å². The van der Waals surface area contributed by atoms with Crippen molar-refractivity contribution in [3.8, 4) is 0 Å². The van der Waals surface area contributed by atoms with Gasteiger partial charge in [0.25, 0.3) is 0 Å². The highest BCUT2D eigenvalue weighted by Crippen LogP contribution is 2.25. The zero-order valence-electron chi connectivity index (χ0n) is 9.09. The summed E-state index contributed by atoms with van der Waals surface area (Å²) in [6.45, 7) is 2.89. The molecule has 84 valence electrons. The molecule has 0 amide bonds. The average molecular weight is 273 g/mol. The van der Waals surface area contributed by atoms with Crippen LogP contribution in [-0.2, 0) is 4.74 Å². The van der Waals surface area contributed by atoms with Crippen LogP contribution in [0.1, 0.15) is 13.3 Å². The lowest BCUT2D eigenvalue weighted by molar-refractivity contribution is 0.191. The Balaban J connectivity index is 2.56. The topological polar surface area (TPSA) is 47.3 Å². The van der Waals surface area contributed by atoms with E-state index in [0.717, 1.165) is 28.9 Å². The smallest absolute Gasteiger partial charge is 0.0488 e. The third-order valence-electron chi connectivity index (χ3n) is 2.15. The van der Waals surface area contributed by atoms with Crippen molar-refractivity contribution < 1.29 is 4.74 Å². The normalized spacial score (nSPS) is 12.5. The number of benzene rings is 1. The molecule has 0 radical (unpaired) electrons. The molecule has 15 heavy (non-hydrogen) atoms. The van der Waals surface area contributed by atoms with Gasteiger partial charge in [-0.25, -0.2) is 0 Å². The van der Waals surface area contributed by atoms with E-state index < -0.39 is 0 Å². The van der Waals surface area contributed by atoms with Gasteiger partial charge in [0.1, 0.15) is 0 Å². The van der Waals surface area contributed by atoms with Crippen molar-refractivity contribution in [3.05, 3.63) is 22.7 Å². The number of ether oxygens (including phenoxy) is 1. The summed E-state index contributed by atoms with van der Waals surface area (Å²) in [5.74, 6) is 0. The van der Waals surface area contributed by atoms with Gasteiger partial charge in [-0.1, -0.05) is 0 Å². The summed E-state index contributed by atoms with van der Waals surface area (Å²) in [4.78, 5) is 0. The Bertz CT molecular complexity index is 317. The molecule has 0 aromatic heterocycles. The molecule has 0 spiro atoms. The third kappa shape index (κ3) is 4.10. The molecule has 1 aromatic carbocycles. The summed E-state index contributed by atoms with van der Waals surface area (Å²) in [5.41, 5.74) is 7.48. The van der Waals surface area contributed by atoms with Crippen molar-refractivity contribution in [2.75, 3.05) is 24.8 Å². The zero-order chi connectivity index (χ0) is 11.3. The first-order valence-electron chi connectivity index (χ1n) is 4.94. The van der Waals surface area contributed by atoms with Gasteiger partial charge in [-0.15, -0.1) is 0 Å². The van der Waals surface area contributed by atoms with Crippen LogP contribution in [-0.4, -0.2) is 19.8 Å². The molecule has 0 aliphatic carbocycles. The highest BCUT2D eigenvalue weighted by Gasteiger charge is 2.04. The molecule has 4 heteroatoms. The minimum Gasteiger partial charge on any atom is -0.399 e. The molecule has 0 saturated heterocycles. The van der Waals surface area contributed by atoms with Crippen LogP contribution >= 0.6 is 15.9 Å². The number of nitrogens with two attached hydrogens (primary N) is 1. The summed E-state index contributed by atoms with van der Waals surface area (Å²) in [7, 11) is 1.71. The van der Waals surface area contributed by atoms with E-state index in [0.29, 0.717) is 6.04 Å². The standard InChI is InChI=1S/C11H17BrN2O/c1-8(5-6-15-2)14-11-4-3-9(13)7-10(11)12/h3-4,7-8,14H,5-6,13H2,1-2H3. The van der Waals surface area contributed by atoms with Crippen molar-refractivity contribution >= 4 is 27.3 Å². The number of nitrogen functional groups attached to an aromatic ring is 1. The molecule has 1 unspecified atom stereocenters. The van der Waals surface area contributed by atoms with Crippen LogP contribution in [0.25, 0.3) is 0 Å². The molecule has 3 N–H and O–H groups in total. The molecule has 0 aliphatic rings. The maximum absolute atomic E-state index is 5.66. The van der Waals surface area contributed by atoms with Crippen LogP contribution in [0.15, 0.2) is 22.7 Å². The van der Waals surface area contributed by atoms with Crippen molar-refractivity contribution in [1.82, 2.24) is 0 Å². The number of anilines is 2. The molecular formula is C11H17BrN2O. The predicted octanol–water partition coefficient (Wildman–Crippen LogP) is 2.87. The maximum atomic E-state index is 5.66. The highest BCUT2D eigenvalue weighted by molar-refractivity contribution is 9.10. The van der Waals surface area contributed by atoms with E-state index in [4.69, 9.17) is 10.5 Å². The molecular weight excluding hydrogens is 256 g/mol. The van der Waals surface area contributed by atoms with Crippen molar-refractivity contribution in [2.45, 2.75) is 19.4 Å². The van der Waals surface area contributed by atoms with Crippen LogP contribution in [0.5, 0.6) is 0 Å². The van der Waals surface area contributed by atoms with E-state index in [9.17, 15) is 0 Å². The molecule has 1 aromatic rings. The van der Waals surface area contributed by atoms with Crippen molar-refractivity contribution in [1.29, 1.82) is 0 Å². The summed E-state index contributed by atoms with van der Waals surface area (Å²) in [5, 5.41) is 3.39. The van der Waals surface area contributed by atoms with Gasteiger partial charge in [-0.2, -0.15) is 0 Å². The molecule has 0 aliphatic heterocycles. The monoisotopic (exact) mass is 272 g/mol. The number of nitrogens with one attached hydrogen (secondary N) is 1. The van der Waals surface area contributed by atoms with E-state index in [1.807, 2.05) is 18.2 Å². The largest absolute Gasteiger partial charge is 0.399 e. The Morgan fingerprint density at radius 2 is 2.27 bits per heavy atom. The van der Waals surface area contributed by atoms with Crippen molar-refractivity contribution in [3.63, 3.8) is 0 Å². The highest BCUT2D eigenvalue weighted by atomic mass is 79.9. The van der Waals surface area contributed by atoms with Gasteiger partial charge >= 0.3 is 0 Å². The first-order valence-corrected chi connectivity index (χ1v) is 5.73. The fraction of sp³-hybridized carbons (Fsp3) is 0.455. The summed E-state index contributed by atoms with van der Waals surface area (Å²) in [6, 6.07) is 6.13. The minimum atomic E-state index is 0.380. The lowest BCUT2D eigenvalue weighted by Crippen LogP contribution is -2.17. The minimum absolute atomic E-state index is 0.380. The molecule has 0 heterocycles. The third-order valence-corrected chi connectivity index (χ3v) is 2.81. The lowest BCUT2D eigenvalue weighted by Gasteiger charge is -2.16. The quantitative estimate of drug-likeness (QED) is 0.811. The first-order chi connectivity index (χ1) is 7.13. The molecule has 0 fully saturated rings. The molecule has 0 saturated carbocycles. The van der Waals surface area contributed by atoms with E-state index in [1.165, 1.54) is 0 Å². The van der Waals surface area contributed by atoms with Crippen LogP contribution < -0.4 is 11.1 Å². The van der Waals surface area contributed by atoms with Crippen molar-refractivity contribution in [2.24, 2.45) is 0 Å². The van der Waals surface area contributed by atoms with Crippen LogP contribution in [0, 0.1) is 0 Å². The number of halogens is 1. The fourth-order valence-electron chi connectivity index (χ4n) is 1.28. The number of methoxy groups -OCH3 is 1. The van der Waals surface area contributed by atoms with Crippen LogP contribution in [0.3, 0.4) is 0 Å². The van der Waals surface area contributed by atoms with E-state index >= 15 is 0 Å². The Morgan fingerprint density at radius 3 is 2.87 bits per heavy atom. The number of hydrogen-bond donors (Lipinski definition) is 2. The van der Waals surface area contributed by atoms with E-state index in [-0.39, 0.29) is 0 Å². The molecule has 1 rings (SSSR count). The number of hydrogen-bond acceptors (Lipinski definition) is 3. The average Bonchev–Trinajstić information content (AvgIpc) is 2.19. The van der Waals surface area contributed by atoms with Gasteiger partial charge in [0.05, 0.1) is 0 Å². The van der Waals surface area contributed by atoms with Crippen LogP contribution in [0.2, 0.25) is 0 Å². The van der Waals surface area contributed by atoms with Crippen LogP contribution in [0.4, 0.5) is 11.4 Å². The van der Waals surface area contributed by atoms with Gasteiger partial charge in [-0.3, -0.25) is 0 Å². The van der Waals surface area contributed by atoms with E-state index in [2.05, 4.69) is 28.2 Å². The second kappa shape index (κ2) is 5.98. The molecule has 1 atom stereocenters. The Hall–Kier alpha value is -0.740. The first kappa shape index (κ1) is 12.3. The number of rotatable bonds is 5. The molecule has 3 nitrogen and oxygen atoms in total. The van der Waals surface area contributed by atoms with Gasteiger partial charge in [0.15, 0.2) is 0 Å². The predicted molar refractivity (Wildman–Crippen MR) is 68.1 cm³/mol. The summed E-state index contributed by atoms with van der Waals surface area (Å²) in [6.07, 6.45) is 0.979. The second-order valence-corrected chi connectivity index (χ2v) is 4.42.